The number of hydrogen-bond acceptors (Lipinski definition) is 4. The van der Waals surface area contributed by atoms with E-state index in [2.05, 4.69) is 15.3 Å². The highest BCUT2D eigenvalue weighted by Crippen LogP contribution is 2.26. The molecule has 5 heteroatoms. The second kappa shape index (κ2) is 5.55. The number of anilines is 1. The quantitative estimate of drug-likeness (QED) is 0.783. The van der Waals surface area contributed by atoms with Crippen molar-refractivity contribution in [1.29, 1.82) is 0 Å². The number of nitrogens with zero attached hydrogens (tertiary/aromatic N) is 2. The molecule has 0 unspecified atom stereocenters. The Balaban J connectivity index is 2.78. The van der Waals surface area contributed by atoms with Crippen LogP contribution in [0.25, 0.3) is 0 Å². The third-order valence-corrected chi connectivity index (χ3v) is 3.04. The summed E-state index contributed by atoms with van der Waals surface area (Å²) < 4.78 is 0. The number of nitrogens with two attached hydrogens (primary N) is 1. The van der Waals surface area contributed by atoms with Crippen LogP contribution in [-0.2, 0) is 4.79 Å². The van der Waals surface area contributed by atoms with E-state index >= 15 is 0 Å². The van der Waals surface area contributed by atoms with Crippen molar-refractivity contribution >= 4 is 11.6 Å². The molecule has 0 saturated carbocycles. The zero-order valence-electron chi connectivity index (χ0n) is 9.73. The highest BCUT2D eigenvalue weighted by atomic mass is 16.2. The van der Waals surface area contributed by atoms with Crippen LogP contribution >= 0.6 is 0 Å². The van der Waals surface area contributed by atoms with Gasteiger partial charge < -0.3 is 11.1 Å². The number of nitrogens with one attached hydrogen (secondary N) is 1. The third-order valence-electron chi connectivity index (χ3n) is 3.04. The van der Waals surface area contributed by atoms with E-state index in [4.69, 9.17) is 5.73 Å². The van der Waals surface area contributed by atoms with Crippen molar-refractivity contribution in [2.75, 3.05) is 11.9 Å². The van der Waals surface area contributed by atoms with Crippen molar-refractivity contribution in [1.82, 2.24) is 9.97 Å². The van der Waals surface area contributed by atoms with E-state index in [-0.39, 0.29) is 5.91 Å². The molecule has 3 N–H and O–H groups in total. The highest BCUT2D eigenvalue weighted by Gasteiger charge is 2.33. The van der Waals surface area contributed by atoms with E-state index in [1.54, 1.807) is 12.4 Å². The Morgan fingerprint density at radius 3 is 2.38 bits per heavy atom. The van der Waals surface area contributed by atoms with Gasteiger partial charge >= 0.3 is 0 Å². The molecule has 88 valence electrons. The van der Waals surface area contributed by atoms with Crippen LogP contribution < -0.4 is 11.1 Å². The molecule has 0 aliphatic rings. The monoisotopic (exact) mass is 222 g/mol. The number of amides is 1. The Bertz CT molecular complexity index is 327. The van der Waals surface area contributed by atoms with Gasteiger partial charge in [-0.2, -0.15) is 0 Å². The molecule has 16 heavy (non-hydrogen) atoms. The van der Waals surface area contributed by atoms with Crippen molar-refractivity contribution in [2.45, 2.75) is 26.7 Å². The maximum atomic E-state index is 12.1. The Labute approximate surface area is 95.5 Å². The molecule has 0 saturated heterocycles. The number of rotatable bonds is 5. The maximum absolute atomic E-state index is 12.1. The van der Waals surface area contributed by atoms with Gasteiger partial charge in [0.05, 0.1) is 23.5 Å². The van der Waals surface area contributed by atoms with Gasteiger partial charge in [-0.1, -0.05) is 13.8 Å². The van der Waals surface area contributed by atoms with E-state index in [9.17, 15) is 4.79 Å². The summed E-state index contributed by atoms with van der Waals surface area (Å²) in [5.41, 5.74) is 5.80. The van der Waals surface area contributed by atoms with E-state index in [0.29, 0.717) is 12.2 Å². The molecule has 1 rings (SSSR count). The summed E-state index contributed by atoms with van der Waals surface area (Å²) >= 11 is 0. The first-order valence-corrected chi connectivity index (χ1v) is 5.45. The van der Waals surface area contributed by atoms with Crippen LogP contribution in [-0.4, -0.2) is 22.4 Å². The molecule has 0 bridgehead atoms. The molecule has 1 aromatic rings. The lowest BCUT2D eigenvalue weighted by molar-refractivity contribution is -0.125. The van der Waals surface area contributed by atoms with Crippen molar-refractivity contribution in [2.24, 2.45) is 11.1 Å². The van der Waals surface area contributed by atoms with Gasteiger partial charge in [-0.05, 0) is 12.8 Å². The minimum atomic E-state index is -0.490. The van der Waals surface area contributed by atoms with Crippen molar-refractivity contribution in [3.63, 3.8) is 0 Å². The first-order valence-electron chi connectivity index (χ1n) is 5.45. The Morgan fingerprint density at radius 2 is 1.94 bits per heavy atom. The minimum absolute atomic E-state index is 0.0604. The SMILES string of the molecule is CCC(CC)(CN)C(=O)Nc1cncnc1. The summed E-state index contributed by atoms with van der Waals surface area (Å²) in [6, 6.07) is 0. The smallest absolute Gasteiger partial charge is 0.231 e. The van der Waals surface area contributed by atoms with Crippen LogP contribution in [0.3, 0.4) is 0 Å². The van der Waals surface area contributed by atoms with Gasteiger partial charge in [0.2, 0.25) is 5.91 Å². The van der Waals surface area contributed by atoms with Gasteiger partial charge in [-0.15, -0.1) is 0 Å². The molecule has 1 aromatic heterocycles. The van der Waals surface area contributed by atoms with Crippen LogP contribution in [0.1, 0.15) is 26.7 Å². The number of aromatic nitrogens is 2. The second-order valence-corrected chi connectivity index (χ2v) is 3.77. The Morgan fingerprint density at radius 1 is 1.38 bits per heavy atom. The molecule has 0 spiro atoms. The predicted octanol–water partition coefficient (Wildman–Crippen LogP) is 1.18. The molecule has 1 heterocycles. The summed E-state index contributed by atoms with van der Waals surface area (Å²) in [5.74, 6) is -0.0604. The molecular formula is C11H18N4O. The third kappa shape index (κ3) is 2.55. The van der Waals surface area contributed by atoms with Crippen LogP contribution in [0.15, 0.2) is 18.7 Å². The zero-order valence-corrected chi connectivity index (χ0v) is 9.73. The summed E-state index contributed by atoms with van der Waals surface area (Å²) in [6.45, 7) is 4.29. The Kier molecular flexibility index (Phi) is 4.37. The fourth-order valence-electron chi connectivity index (χ4n) is 1.58. The van der Waals surface area contributed by atoms with E-state index in [1.165, 1.54) is 6.33 Å². The summed E-state index contributed by atoms with van der Waals surface area (Å²) in [7, 11) is 0. The first kappa shape index (κ1) is 12.6. The second-order valence-electron chi connectivity index (χ2n) is 3.77. The molecule has 0 aliphatic heterocycles. The van der Waals surface area contributed by atoms with Gasteiger partial charge in [0, 0.05) is 6.54 Å². The fourth-order valence-corrected chi connectivity index (χ4v) is 1.58. The van der Waals surface area contributed by atoms with Crippen molar-refractivity contribution in [3.8, 4) is 0 Å². The van der Waals surface area contributed by atoms with Gasteiger partial charge in [-0.3, -0.25) is 4.79 Å². The van der Waals surface area contributed by atoms with Crippen LogP contribution in [0.5, 0.6) is 0 Å². The largest absolute Gasteiger partial charge is 0.329 e. The van der Waals surface area contributed by atoms with Crippen molar-refractivity contribution in [3.05, 3.63) is 18.7 Å². The number of carbonyl (C=O) groups is 1. The van der Waals surface area contributed by atoms with Gasteiger partial charge in [0.25, 0.3) is 0 Å². The molecule has 5 nitrogen and oxygen atoms in total. The summed E-state index contributed by atoms with van der Waals surface area (Å²) in [4.78, 5) is 19.8. The van der Waals surface area contributed by atoms with Crippen LogP contribution in [0.2, 0.25) is 0 Å². The maximum Gasteiger partial charge on any atom is 0.231 e. The molecule has 0 atom stereocenters. The normalized spacial score (nSPS) is 11.2. The first-order chi connectivity index (χ1) is 7.68. The number of hydrogen-bond donors (Lipinski definition) is 2. The topological polar surface area (TPSA) is 80.9 Å². The molecule has 1 amide bonds. The molecule has 0 aromatic carbocycles. The lowest BCUT2D eigenvalue weighted by atomic mass is 9.81. The van der Waals surface area contributed by atoms with Crippen molar-refractivity contribution < 1.29 is 4.79 Å². The standard InChI is InChI=1S/C11H18N4O/c1-3-11(4-2,7-12)10(16)15-9-5-13-8-14-6-9/h5-6,8H,3-4,7,12H2,1-2H3,(H,15,16). The highest BCUT2D eigenvalue weighted by molar-refractivity contribution is 5.95. The summed E-state index contributed by atoms with van der Waals surface area (Å²) in [5, 5.41) is 2.79. The van der Waals surface area contributed by atoms with Crippen LogP contribution in [0, 0.1) is 5.41 Å². The molecular weight excluding hydrogens is 204 g/mol. The molecule has 0 radical (unpaired) electrons. The van der Waals surface area contributed by atoms with E-state index in [1.807, 2.05) is 13.8 Å². The van der Waals surface area contributed by atoms with E-state index < -0.39 is 5.41 Å². The minimum Gasteiger partial charge on any atom is -0.329 e. The molecule has 0 aliphatic carbocycles. The van der Waals surface area contributed by atoms with E-state index in [0.717, 1.165) is 12.8 Å². The Hall–Kier alpha value is -1.49. The van der Waals surface area contributed by atoms with Gasteiger partial charge in [-0.25, -0.2) is 9.97 Å². The fraction of sp³-hybridized carbons (Fsp3) is 0.545. The predicted molar refractivity (Wildman–Crippen MR) is 62.7 cm³/mol. The van der Waals surface area contributed by atoms with Gasteiger partial charge in [0.1, 0.15) is 6.33 Å². The average molecular weight is 222 g/mol. The lowest BCUT2D eigenvalue weighted by Crippen LogP contribution is -2.41. The van der Waals surface area contributed by atoms with Crippen LogP contribution in [0.4, 0.5) is 5.69 Å². The lowest BCUT2D eigenvalue weighted by Gasteiger charge is -2.28. The zero-order chi connectivity index (χ0) is 12.0. The molecule has 0 fully saturated rings. The average Bonchev–Trinajstić information content (AvgIpc) is 2.33. The summed E-state index contributed by atoms with van der Waals surface area (Å²) in [6.07, 6.45) is 6.00. The number of carbonyl (C=O) groups excluding carboxylic acids is 1. The van der Waals surface area contributed by atoms with Gasteiger partial charge in [0.15, 0.2) is 0 Å².